The van der Waals surface area contributed by atoms with Crippen molar-refractivity contribution in [1.29, 1.82) is 0 Å². The number of nitrogens with one attached hydrogen (secondary N) is 1. The van der Waals surface area contributed by atoms with Crippen LogP contribution in [0.25, 0.3) is 23.8 Å². The Bertz CT molecular complexity index is 1190. The first-order valence-electron chi connectivity index (χ1n) is 9.84. The van der Waals surface area contributed by atoms with E-state index in [2.05, 4.69) is 20.2 Å². The molecule has 0 bridgehead atoms. The lowest BCUT2D eigenvalue weighted by Crippen LogP contribution is -2.26. The molecule has 4 rings (SSSR count). The number of benzene rings is 1. The zero-order valence-corrected chi connectivity index (χ0v) is 17.5. The number of aromatic nitrogens is 4. The highest BCUT2D eigenvalue weighted by molar-refractivity contribution is 6.21. The molecule has 158 valence electrons. The second kappa shape index (κ2) is 8.06. The van der Waals surface area contributed by atoms with E-state index in [4.69, 9.17) is 4.74 Å². The van der Waals surface area contributed by atoms with Crippen molar-refractivity contribution in [2.45, 2.75) is 32.9 Å². The summed E-state index contributed by atoms with van der Waals surface area (Å²) in [7, 11) is 0. The van der Waals surface area contributed by atoms with Crippen LogP contribution in [0.15, 0.2) is 41.5 Å². The van der Waals surface area contributed by atoms with Gasteiger partial charge in [-0.3, -0.25) is 19.5 Å². The van der Waals surface area contributed by atoms with Gasteiger partial charge in [0.2, 0.25) is 5.88 Å². The van der Waals surface area contributed by atoms with Crippen LogP contribution in [0.1, 0.15) is 43.5 Å². The Morgan fingerprint density at radius 1 is 1.23 bits per heavy atom. The van der Waals surface area contributed by atoms with E-state index in [1.807, 2.05) is 24.3 Å². The molecule has 0 fully saturated rings. The van der Waals surface area contributed by atoms with Gasteiger partial charge in [0.05, 0.1) is 11.4 Å². The first kappa shape index (κ1) is 20.3. The fraction of sp³-hybridized carbons (Fsp3) is 0.217. The Labute approximate surface area is 179 Å². The molecule has 3 heterocycles. The van der Waals surface area contributed by atoms with Crippen LogP contribution in [0.5, 0.6) is 5.88 Å². The van der Waals surface area contributed by atoms with Gasteiger partial charge in [0.25, 0.3) is 0 Å². The summed E-state index contributed by atoms with van der Waals surface area (Å²) >= 11 is 0. The third-order valence-electron chi connectivity index (χ3n) is 4.49. The van der Waals surface area contributed by atoms with E-state index in [0.29, 0.717) is 11.5 Å². The molecular weight excluding hydrogens is 394 g/mol. The lowest BCUT2D eigenvalue weighted by atomic mass is 10.1. The number of hydrogen-bond acceptors (Lipinski definition) is 6. The first-order valence-corrected chi connectivity index (χ1v) is 9.84. The minimum absolute atomic E-state index is 0.125. The zero-order chi connectivity index (χ0) is 22.0. The molecule has 31 heavy (non-hydrogen) atoms. The smallest absolute Gasteiger partial charge is 0.326 e. The topological polar surface area (TPSA) is 105 Å². The van der Waals surface area contributed by atoms with Crippen molar-refractivity contribution >= 4 is 41.7 Å². The Kier molecular flexibility index (Phi) is 5.29. The van der Waals surface area contributed by atoms with Gasteiger partial charge < -0.3 is 9.84 Å². The molecule has 0 saturated heterocycles. The van der Waals surface area contributed by atoms with Crippen molar-refractivity contribution in [3.8, 4) is 5.88 Å². The molecule has 3 aromatic rings. The monoisotopic (exact) mass is 417 g/mol. The largest absolute Gasteiger partial charge is 0.493 e. The molecule has 1 aromatic carbocycles. The summed E-state index contributed by atoms with van der Waals surface area (Å²) in [5.41, 5.74) is 3.12. The maximum Gasteiger partial charge on any atom is 0.326 e. The minimum atomic E-state index is -0.631. The Balaban J connectivity index is 1.71. The molecule has 2 aromatic heterocycles. The number of allylic oxidation sites excluding steroid dienone is 1. The Hall–Kier alpha value is -3.94. The van der Waals surface area contributed by atoms with E-state index in [9.17, 15) is 9.90 Å². The predicted molar refractivity (Wildman–Crippen MR) is 120 cm³/mol. The number of aliphatic imine (C=N–C) groups is 1. The molecule has 0 amide bonds. The van der Waals surface area contributed by atoms with E-state index in [-0.39, 0.29) is 12.4 Å². The molecule has 1 aliphatic rings. The summed E-state index contributed by atoms with van der Waals surface area (Å²) in [6.07, 6.45) is 8.60. The Morgan fingerprint density at radius 3 is 2.77 bits per heavy atom. The van der Waals surface area contributed by atoms with E-state index in [1.54, 1.807) is 57.5 Å². The number of ether oxygens (including phenoxy) is 1. The van der Waals surface area contributed by atoms with E-state index in [1.165, 1.54) is 4.57 Å². The third-order valence-corrected chi connectivity index (χ3v) is 4.49. The summed E-state index contributed by atoms with van der Waals surface area (Å²) in [5.74, 6) is -0.184. The molecule has 0 aliphatic carbocycles. The number of para-hydroxylation sites is 1. The Morgan fingerprint density at radius 2 is 2.03 bits per heavy atom. The summed E-state index contributed by atoms with van der Waals surface area (Å²) in [5, 5.41) is 17.6. The van der Waals surface area contributed by atoms with Gasteiger partial charge in [0.15, 0.2) is 0 Å². The molecular formula is C23H23N5O3. The van der Waals surface area contributed by atoms with Crippen LogP contribution in [0.3, 0.4) is 0 Å². The van der Waals surface area contributed by atoms with E-state index in [0.717, 1.165) is 22.5 Å². The van der Waals surface area contributed by atoms with Gasteiger partial charge in [-0.15, -0.1) is 0 Å². The van der Waals surface area contributed by atoms with Crippen molar-refractivity contribution in [3.63, 3.8) is 0 Å². The van der Waals surface area contributed by atoms with Gasteiger partial charge in [-0.1, -0.05) is 18.2 Å². The number of nitrogens with zero attached hydrogens (tertiary/aromatic N) is 4. The van der Waals surface area contributed by atoms with Crippen LogP contribution < -0.4 is 0 Å². The summed E-state index contributed by atoms with van der Waals surface area (Å²) < 4.78 is 6.84. The number of aromatic hydroxyl groups is 1. The number of imidazole rings is 1. The number of esters is 1. The number of H-pyrrole nitrogens is 1. The zero-order valence-electron chi connectivity index (χ0n) is 17.5. The van der Waals surface area contributed by atoms with Gasteiger partial charge in [-0.05, 0) is 51.1 Å². The summed E-state index contributed by atoms with van der Waals surface area (Å²) in [6.45, 7) is 5.21. The average Bonchev–Trinajstić information content (AvgIpc) is 3.42. The number of carbonyl (C=O) groups excluding carboxylic acids is 1. The summed E-state index contributed by atoms with van der Waals surface area (Å²) in [4.78, 5) is 21.4. The van der Waals surface area contributed by atoms with Crippen molar-refractivity contribution in [2.75, 3.05) is 0 Å². The van der Waals surface area contributed by atoms with Crippen LogP contribution in [0.4, 0.5) is 5.69 Å². The number of hydrogen-bond donors (Lipinski definition) is 2. The number of aromatic amines is 1. The van der Waals surface area contributed by atoms with Crippen LogP contribution in [-0.4, -0.2) is 42.6 Å². The van der Waals surface area contributed by atoms with Crippen molar-refractivity contribution in [2.24, 2.45) is 4.99 Å². The van der Waals surface area contributed by atoms with Crippen LogP contribution >= 0.6 is 0 Å². The van der Waals surface area contributed by atoms with Crippen molar-refractivity contribution in [3.05, 3.63) is 59.3 Å². The average molecular weight is 417 g/mol. The molecule has 2 N–H and O–H groups in total. The first-order chi connectivity index (χ1) is 14.8. The van der Waals surface area contributed by atoms with Gasteiger partial charge >= 0.3 is 5.97 Å². The van der Waals surface area contributed by atoms with Gasteiger partial charge in [0, 0.05) is 23.5 Å². The standard InChI is InChI=1S/C23H23N5O3/c1-23(2,3)31-21(29)14-28-20(9-8-16-10-11-25-27-16)26-19(22(28)30)12-15-13-24-18-7-5-4-6-17(15)18/h4-13,30H,14H2,1-3H3,(H,25,27)/b9-8+,15-12+. The van der Waals surface area contributed by atoms with Gasteiger partial charge in [-0.25, -0.2) is 4.98 Å². The molecule has 1 aliphatic heterocycles. The molecule has 0 unspecified atom stereocenters. The lowest BCUT2D eigenvalue weighted by molar-refractivity contribution is -0.155. The van der Waals surface area contributed by atoms with Crippen LogP contribution in [-0.2, 0) is 16.1 Å². The number of fused-ring (bicyclic) bond motifs is 1. The molecule has 0 radical (unpaired) electrons. The van der Waals surface area contributed by atoms with Crippen molar-refractivity contribution in [1.82, 2.24) is 19.7 Å². The van der Waals surface area contributed by atoms with Gasteiger partial charge in [-0.2, -0.15) is 5.10 Å². The lowest BCUT2D eigenvalue weighted by Gasteiger charge is -2.20. The normalized spacial score (nSPS) is 14.5. The maximum atomic E-state index is 12.4. The summed E-state index contributed by atoms with van der Waals surface area (Å²) in [6, 6.07) is 9.53. The minimum Gasteiger partial charge on any atom is -0.493 e. The highest BCUT2D eigenvalue weighted by Gasteiger charge is 2.22. The fourth-order valence-electron chi connectivity index (χ4n) is 3.19. The molecule has 0 atom stereocenters. The van der Waals surface area contributed by atoms with Crippen LogP contribution in [0.2, 0.25) is 0 Å². The van der Waals surface area contributed by atoms with Crippen molar-refractivity contribution < 1.29 is 14.6 Å². The molecule has 0 saturated carbocycles. The second-order valence-electron chi connectivity index (χ2n) is 8.07. The molecule has 8 nitrogen and oxygen atoms in total. The quantitative estimate of drug-likeness (QED) is 0.609. The molecule has 8 heteroatoms. The third kappa shape index (κ3) is 4.63. The highest BCUT2D eigenvalue weighted by Crippen LogP contribution is 2.33. The van der Waals surface area contributed by atoms with Crippen LogP contribution in [0, 0.1) is 0 Å². The molecule has 0 spiro atoms. The fourth-order valence-corrected chi connectivity index (χ4v) is 3.19. The SMILES string of the molecule is CC(C)(C)OC(=O)Cn1c(/C=C/c2ccn[nH]2)nc(/C=C2\C=Nc3ccccc32)c1O. The maximum absolute atomic E-state index is 12.4. The van der Waals surface area contributed by atoms with E-state index < -0.39 is 11.6 Å². The predicted octanol–water partition coefficient (Wildman–Crippen LogP) is 4.08. The number of carbonyl (C=O) groups is 1. The number of rotatable bonds is 5. The van der Waals surface area contributed by atoms with Gasteiger partial charge in [0.1, 0.15) is 23.7 Å². The highest BCUT2D eigenvalue weighted by atomic mass is 16.6. The second-order valence-corrected chi connectivity index (χ2v) is 8.07. The van der Waals surface area contributed by atoms with E-state index >= 15 is 0 Å².